The minimum atomic E-state index is -0.485. The van der Waals surface area contributed by atoms with Crippen molar-refractivity contribution >= 4 is 17.6 Å². The van der Waals surface area contributed by atoms with Crippen molar-refractivity contribution in [3.63, 3.8) is 0 Å². The average molecular weight is 218 g/mol. The lowest BCUT2D eigenvalue weighted by atomic mass is 10.3. The van der Waals surface area contributed by atoms with Gasteiger partial charge in [0.2, 0.25) is 0 Å². The predicted molar refractivity (Wildman–Crippen MR) is 50.7 cm³/mol. The van der Waals surface area contributed by atoms with E-state index in [9.17, 15) is 9.18 Å². The maximum atomic E-state index is 12.6. The molecule has 5 heteroatoms. The van der Waals surface area contributed by atoms with E-state index in [0.717, 1.165) is 12.1 Å². The molecule has 0 saturated carbocycles. The fourth-order valence-corrected chi connectivity index (χ4v) is 1.06. The number of hydrogen-bond acceptors (Lipinski definition) is 3. The SMILES string of the molecule is NCCC(=O)Oc1ccc(F)cc1Cl. The number of esters is 1. The van der Waals surface area contributed by atoms with Crippen molar-refractivity contribution in [1.29, 1.82) is 0 Å². The molecule has 0 aromatic heterocycles. The number of hydrogen-bond donors (Lipinski definition) is 1. The van der Waals surface area contributed by atoms with Gasteiger partial charge in [-0.2, -0.15) is 0 Å². The lowest BCUT2D eigenvalue weighted by Crippen LogP contribution is -2.13. The number of carbonyl (C=O) groups is 1. The molecule has 0 saturated heterocycles. The molecule has 0 unspecified atom stereocenters. The Balaban J connectivity index is 2.72. The highest BCUT2D eigenvalue weighted by Crippen LogP contribution is 2.24. The van der Waals surface area contributed by atoms with Gasteiger partial charge in [0.1, 0.15) is 11.6 Å². The van der Waals surface area contributed by atoms with Crippen LogP contribution in [0.2, 0.25) is 5.02 Å². The Morgan fingerprint density at radius 3 is 2.86 bits per heavy atom. The molecule has 0 aliphatic carbocycles. The van der Waals surface area contributed by atoms with Crippen LogP contribution < -0.4 is 10.5 Å². The Bertz CT molecular complexity index is 344. The molecule has 2 N–H and O–H groups in total. The molecule has 14 heavy (non-hydrogen) atoms. The van der Waals surface area contributed by atoms with E-state index in [1.807, 2.05) is 0 Å². The van der Waals surface area contributed by atoms with Gasteiger partial charge in [0.05, 0.1) is 11.4 Å². The van der Waals surface area contributed by atoms with Crippen LogP contribution in [0.4, 0.5) is 4.39 Å². The fraction of sp³-hybridized carbons (Fsp3) is 0.222. The Morgan fingerprint density at radius 2 is 2.29 bits per heavy atom. The Morgan fingerprint density at radius 1 is 1.57 bits per heavy atom. The van der Waals surface area contributed by atoms with Gasteiger partial charge in [-0.3, -0.25) is 4.79 Å². The third-order valence-electron chi connectivity index (χ3n) is 1.47. The summed E-state index contributed by atoms with van der Waals surface area (Å²) in [6.45, 7) is 0.206. The molecule has 1 aromatic carbocycles. The zero-order valence-corrected chi connectivity index (χ0v) is 8.05. The number of rotatable bonds is 3. The molecule has 0 atom stereocenters. The summed E-state index contributed by atoms with van der Waals surface area (Å²) in [5.74, 6) is -0.818. The van der Waals surface area contributed by atoms with Crippen LogP contribution >= 0.6 is 11.6 Å². The van der Waals surface area contributed by atoms with Crippen LogP contribution in [0.3, 0.4) is 0 Å². The van der Waals surface area contributed by atoms with E-state index in [1.54, 1.807) is 0 Å². The van der Waals surface area contributed by atoms with Crippen LogP contribution in [-0.2, 0) is 4.79 Å². The minimum absolute atomic E-state index is 0.0652. The molecule has 0 aliphatic heterocycles. The highest BCUT2D eigenvalue weighted by Gasteiger charge is 2.07. The highest BCUT2D eigenvalue weighted by atomic mass is 35.5. The summed E-state index contributed by atoms with van der Waals surface area (Å²) in [7, 11) is 0. The van der Waals surface area contributed by atoms with Crippen molar-refractivity contribution in [2.75, 3.05) is 6.54 Å². The second-order valence-corrected chi connectivity index (χ2v) is 2.99. The van der Waals surface area contributed by atoms with Crippen LogP contribution in [0, 0.1) is 5.82 Å². The van der Waals surface area contributed by atoms with Crippen molar-refractivity contribution in [3.8, 4) is 5.75 Å². The first-order valence-electron chi connectivity index (χ1n) is 3.99. The Kier molecular flexibility index (Phi) is 3.85. The second kappa shape index (κ2) is 4.93. The van der Waals surface area contributed by atoms with Crippen LogP contribution in [0.5, 0.6) is 5.75 Å². The van der Waals surface area contributed by atoms with Crippen molar-refractivity contribution < 1.29 is 13.9 Å². The maximum Gasteiger partial charge on any atom is 0.312 e. The second-order valence-electron chi connectivity index (χ2n) is 2.59. The van der Waals surface area contributed by atoms with Gasteiger partial charge < -0.3 is 10.5 Å². The zero-order chi connectivity index (χ0) is 10.6. The average Bonchev–Trinajstić information content (AvgIpc) is 2.10. The molecule has 0 aliphatic rings. The lowest BCUT2D eigenvalue weighted by molar-refractivity contribution is -0.134. The highest BCUT2D eigenvalue weighted by molar-refractivity contribution is 6.32. The van der Waals surface area contributed by atoms with Gasteiger partial charge in [0.25, 0.3) is 0 Å². The van der Waals surface area contributed by atoms with Crippen molar-refractivity contribution in [2.24, 2.45) is 5.73 Å². The van der Waals surface area contributed by atoms with Crippen LogP contribution in [-0.4, -0.2) is 12.5 Å². The smallest absolute Gasteiger partial charge is 0.312 e. The molecule has 1 aromatic rings. The number of nitrogens with two attached hydrogens (primary N) is 1. The largest absolute Gasteiger partial charge is 0.425 e. The molecule has 0 radical (unpaired) electrons. The Hall–Kier alpha value is -1.13. The predicted octanol–water partition coefficient (Wildman–Crippen LogP) is 1.73. The molecule has 0 amide bonds. The molecule has 3 nitrogen and oxygen atoms in total. The molecule has 76 valence electrons. The van der Waals surface area contributed by atoms with E-state index < -0.39 is 11.8 Å². The lowest BCUT2D eigenvalue weighted by Gasteiger charge is -2.04. The third kappa shape index (κ3) is 2.97. The van der Waals surface area contributed by atoms with Crippen molar-refractivity contribution in [3.05, 3.63) is 29.0 Å². The summed E-state index contributed by atoms with van der Waals surface area (Å²) >= 11 is 5.63. The van der Waals surface area contributed by atoms with Gasteiger partial charge in [0, 0.05) is 6.54 Å². The maximum absolute atomic E-state index is 12.6. The Labute approximate surface area is 85.6 Å². The summed E-state index contributed by atoms with van der Waals surface area (Å²) in [5.41, 5.74) is 5.15. The van der Waals surface area contributed by atoms with Gasteiger partial charge in [-0.1, -0.05) is 11.6 Å². The summed E-state index contributed by atoms with van der Waals surface area (Å²) in [6, 6.07) is 3.54. The van der Waals surface area contributed by atoms with Crippen LogP contribution in [0.1, 0.15) is 6.42 Å². The summed E-state index contributed by atoms with van der Waals surface area (Å²) < 4.78 is 17.4. The molecule has 0 spiro atoms. The van der Waals surface area contributed by atoms with Crippen LogP contribution in [0.25, 0.3) is 0 Å². The van der Waals surface area contributed by atoms with E-state index in [1.165, 1.54) is 6.07 Å². The van der Waals surface area contributed by atoms with Crippen LogP contribution in [0.15, 0.2) is 18.2 Å². The van der Waals surface area contributed by atoms with Gasteiger partial charge in [0.15, 0.2) is 0 Å². The van der Waals surface area contributed by atoms with Gasteiger partial charge in [-0.05, 0) is 18.2 Å². The van der Waals surface area contributed by atoms with Gasteiger partial charge in [-0.25, -0.2) is 4.39 Å². The topological polar surface area (TPSA) is 52.3 Å². The van der Waals surface area contributed by atoms with E-state index in [-0.39, 0.29) is 23.7 Å². The van der Waals surface area contributed by atoms with Crippen molar-refractivity contribution in [1.82, 2.24) is 0 Å². The number of ether oxygens (including phenoxy) is 1. The third-order valence-corrected chi connectivity index (χ3v) is 1.76. The molecule has 0 fully saturated rings. The monoisotopic (exact) mass is 217 g/mol. The van der Waals surface area contributed by atoms with E-state index in [2.05, 4.69) is 0 Å². The van der Waals surface area contributed by atoms with Gasteiger partial charge in [-0.15, -0.1) is 0 Å². The van der Waals surface area contributed by atoms with Gasteiger partial charge >= 0.3 is 5.97 Å². The molecule has 0 heterocycles. The first kappa shape index (κ1) is 10.9. The number of carbonyl (C=O) groups excluding carboxylic acids is 1. The van der Waals surface area contributed by atoms with Crippen molar-refractivity contribution in [2.45, 2.75) is 6.42 Å². The fourth-order valence-electron chi connectivity index (χ4n) is 0.850. The van der Waals surface area contributed by atoms with E-state index in [0.29, 0.717) is 0 Å². The zero-order valence-electron chi connectivity index (χ0n) is 7.30. The molecular formula is C9H9ClFNO2. The number of halogens is 2. The van der Waals surface area contributed by atoms with E-state index in [4.69, 9.17) is 22.1 Å². The standard InChI is InChI=1S/C9H9ClFNO2/c10-7-5-6(11)1-2-8(7)14-9(13)3-4-12/h1-2,5H,3-4,12H2. The molecule has 0 bridgehead atoms. The summed E-state index contributed by atoms with van der Waals surface area (Å²) in [4.78, 5) is 11.0. The molecular weight excluding hydrogens is 209 g/mol. The normalized spacial score (nSPS) is 9.93. The first-order valence-corrected chi connectivity index (χ1v) is 4.37. The summed E-state index contributed by atoms with van der Waals surface area (Å²) in [6.07, 6.45) is 0.105. The number of benzene rings is 1. The minimum Gasteiger partial charge on any atom is -0.425 e. The van der Waals surface area contributed by atoms with E-state index >= 15 is 0 Å². The summed E-state index contributed by atoms with van der Waals surface area (Å²) in [5, 5.41) is 0.0652. The first-order chi connectivity index (χ1) is 6.63. The molecule has 1 rings (SSSR count). The quantitative estimate of drug-likeness (QED) is 0.620.